The van der Waals surface area contributed by atoms with Crippen LogP contribution >= 0.6 is 0 Å². The fraction of sp³-hybridized carbons (Fsp3) is 0.636. The number of amides is 1. The lowest BCUT2D eigenvalue weighted by atomic mass is 10.1. The number of nitrogens with zero attached hydrogens (tertiary/aromatic N) is 2. The van der Waals surface area contributed by atoms with E-state index in [1.165, 1.54) is 0 Å². The van der Waals surface area contributed by atoms with Gasteiger partial charge < -0.3 is 10.6 Å². The summed E-state index contributed by atoms with van der Waals surface area (Å²) in [5, 5.41) is 6.79. The maximum atomic E-state index is 12.1. The van der Waals surface area contributed by atoms with Gasteiger partial charge in [-0.3, -0.25) is 9.89 Å². The van der Waals surface area contributed by atoms with E-state index in [4.69, 9.17) is 5.73 Å². The maximum Gasteiger partial charge on any atom is 0.274 e. The van der Waals surface area contributed by atoms with Gasteiger partial charge in [0.25, 0.3) is 5.91 Å². The van der Waals surface area contributed by atoms with E-state index in [-0.39, 0.29) is 11.9 Å². The molecule has 2 rings (SSSR count). The van der Waals surface area contributed by atoms with Crippen LogP contribution in [0.25, 0.3) is 0 Å². The largest absolute Gasteiger partial charge is 0.334 e. The van der Waals surface area contributed by atoms with Crippen molar-refractivity contribution < 1.29 is 4.79 Å². The molecule has 3 N–H and O–H groups in total. The van der Waals surface area contributed by atoms with E-state index < -0.39 is 0 Å². The summed E-state index contributed by atoms with van der Waals surface area (Å²) < 4.78 is 0. The smallest absolute Gasteiger partial charge is 0.274 e. The molecule has 2 atom stereocenters. The highest BCUT2D eigenvalue weighted by molar-refractivity contribution is 5.92. The first-order valence-corrected chi connectivity index (χ1v) is 5.65. The van der Waals surface area contributed by atoms with Crippen LogP contribution in [0, 0.1) is 12.8 Å². The van der Waals surface area contributed by atoms with Gasteiger partial charge in [-0.25, -0.2) is 0 Å². The Morgan fingerprint density at radius 3 is 3.00 bits per heavy atom. The Morgan fingerprint density at radius 2 is 2.50 bits per heavy atom. The van der Waals surface area contributed by atoms with Gasteiger partial charge in [0.1, 0.15) is 5.69 Å². The van der Waals surface area contributed by atoms with Crippen LogP contribution in [0.2, 0.25) is 0 Å². The second-order valence-electron chi connectivity index (χ2n) is 4.58. The van der Waals surface area contributed by atoms with Gasteiger partial charge in [-0.1, -0.05) is 0 Å². The molecule has 2 unspecified atom stereocenters. The fourth-order valence-electron chi connectivity index (χ4n) is 2.27. The van der Waals surface area contributed by atoms with Crippen LogP contribution in [-0.4, -0.2) is 40.1 Å². The number of rotatable bonds is 2. The molecule has 5 nitrogen and oxygen atoms in total. The van der Waals surface area contributed by atoms with Crippen molar-refractivity contribution in [3.8, 4) is 0 Å². The molecule has 0 radical (unpaired) electrons. The highest BCUT2D eigenvalue weighted by Gasteiger charge is 2.32. The maximum absolute atomic E-state index is 12.1. The number of aryl methyl sites for hydroxylation is 1. The highest BCUT2D eigenvalue weighted by atomic mass is 16.2. The van der Waals surface area contributed by atoms with E-state index >= 15 is 0 Å². The summed E-state index contributed by atoms with van der Waals surface area (Å²) in [6, 6.07) is 2.04. The topological polar surface area (TPSA) is 75.0 Å². The van der Waals surface area contributed by atoms with Crippen molar-refractivity contribution in [2.75, 3.05) is 13.1 Å². The quantitative estimate of drug-likeness (QED) is 0.766. The van der Waals surface area contributed by atoms with Gasteiger partial charge in [-0.2, -0.15) is 5.10 Å². The Hall–Kier alpha value is -1.36. The second-order valence-corrected chi connectivity index (χ2v) is 4.58. The average molecular weight is 222 g/mol. The van der Waals surface area contributed by atoms with E-state index in [9.17, 15) is 4.79 Å². The third-order valence-corrected chi connectivity index (χ3v) is 3.18. The summed E-state index contributed by atoms with van der Waals surface area (Å²) in [6.45, 7) is 5.35. The van der Waals surface area contributed by atoms with E-state index in [2.05, 4.69) is 17.1 Å². The van der Waals surface area contributed by atoms with Crippen LogP contribution in [0.5, 0.6) is 0 Å². The molecule has 5 heteroatoms. The monoisotopic (exact) mass is 222 g/mol. The second kappa shape index (κ2) is 4.25. The van der Waals surface area contributed by atoms with Crippen molar-refractivity contribution in [3.05, 3.63) is 17.5 Å². The van der Waals surface area contributed by atoms with Crippen LogP contribution in [0.4, 0.5) is 0 Å². The van der Waals surface area contributed by atoms with E-state index in [1.807, 2.05) is 11.8 Å². The number of nitrogens with two attached hydrogens (primary N) is 1. The summed E-state index contributed by atoms with van der Waals surface area (Å²) in [4.78, 5) is 14.0. The first-order valence-electron chi connectivity index (χ1n) is 5.65. The molecule has 1 aromatic rings. The lowest BCUT2D eigenvalue weighted by Gasteiger charge is -2.20. The standard InChI is InChI=1S/C11H18N4O/c1-7-3-10(14-13-7)11(16)15-6-9(5-12)4-8(15)2/h3,8-9H,4-6,12H2,1-2H3,(H,13,14). The fourth-order valence-corrected chi connectivity index (χ4v) is 2.27. The molecule has 16 heavy (non-hydrogen) atoms. The SMILES string of the molecule is Cc1cc(C(=O)N2CC(CN)CC2C)n[nH]1. The molecule has 1 aliphatic rings. The molecular weight excluding hydrogens is 204 g/mol. The minimum absolute atomic E-state index is 0.00722. The third-order valence-electron chi connectivity index (χ3n) is 3.18. The molecular formula is C11H18N4O. The van der Waals surface area contributed by atoms with Gasteiger partial charge in [0.15, 0.2) is 0 Å². The van der Waals surface area contributed by atoms with Crippen molar-refractivity contribution in [3.63, 3.8) is 0 Å². The summed E-state index contributed by atoms with van der Waals surface area (Å²) >= 11 is 0. The van der Waals surface area contributed by atoms with E-state index in [1.54, 1.807) is 6.07 Å². The third kappa shape index (κ3) is 1.95. The molecule has 88 valence electrons. The molecule has 2 heterocycles. The average Bonchev–Trinajstić information content (AvgIpc) is 2.83. The van der Waals surface area contributed by atoms with Gasteiger partial charge in [-0.05, 0) is 38.8 Å². The Kier molecular flexibility index (Phi) is 2.96. The Labute approximate surface area is 95.0 Å². The van der Waals surface area contributed by atoms with Crippen LogP contribution in [0.3, 0.4) is 0 Å². The number of carbonyl (C=O) groups is 1. The van der Waals surface area contributed by atoms with Gasteiger partial charge in [0.2, 0.25) is 0 Å². The van der Waals surface area contributed by atoms with Crippen LogP contribution in [0.15, 0.2) is 6.07 Å². The highest BCUT2D eigenvalue weighted by Crippen LogP contribution is 2.23. The number of aromatic amines is 1. The van der Waals surface area contributed by atoms with Crippen molar-refractivity contribution in [1.82, 2.24) is 15.1 Å². The Bertz CT molecular complexity index is 387. The summed E-state index contributed by atoms with van der Waals surface area (Å²) in [5.74, 6) is 0.437. The van der Waals surface area contributed by atoms with E-state index in [0.29, 0.717) is 18.2 Å². The molecule has 0 spiro atoms. The zero-order valence-electron chi connectivity index (χ0n) is 9.73. The van der Waals surface area contributed by atoms with Gasteiger partial charge in [-0.15, -0.1) is 0 Å². The van der Waals surface area contributed by atoms with Gasteiger partial charge in [0.05, 0.1) is 0 Å². The van der Waals surface area contributed by atoms with Gasteiger partial charge in [0, 0.05) is 18.3 Å². The molecule has 1 fully saturated rings. The number of hydrogen-bond donors (Lipinski definition) is 2. The number of hydrogen-bond acceptors (Lipinski definition) is 3. The predicted molar refractivity (Wildman–Crippen MR) is 61.0 cm³/mol. The van der Waals surface area contributed by atoms with Crippen molar-refractivity contribution in [2.24, 2.45) is 11.7 Å². The first-order chi connectivity index (χ1) is 7.61. The van der Waals surface area contributed by atoms with Crippen LogP contribution < -0.4 is 5.73 Å². The predicted octanol–water partition coefficient (Wildman–Crippen LogP) is 0.527. The van der Waals surface area contributed by atoms with Crippen LogP contribution in [0.1, 0.15) is 29.5 Å². The number of carbonyl (C=O) groups excluding carboxylic acids is 1. The van der Waals surface area contributed by atoms with Crippen molar-refractivity contribution in [1.29, 1.82) is 0 Å². The number of H-pyrrole nitrogens is 1. The Balaban J connectivity index is 2.11. The number of nitrogens with one attached hydrogen (secondary N) is 1. The molecule has 1 saturated heterocycles. The molecule has 0 aromatic carbocycles. The molecule has 1 aromatic heterocycles. The molecule has 0 bridgehead atoms. The minimum Gasteiger partial charge on any atom is -0.334 e. The molecule has 1 aliphatic heterocycles. The summed E-state index contributed by atoms with van der Waals surface area (Å²) in [6.07, 6.45) is 0.992. The molecule has 0 aliphatic carbocycles. The zero-order valence-corrected chi connectivity index (χ0v) is 9.73. The van der Waals surface area contributed by atoms with E-state index in [0.717, 1.165) is 18.7 Å². The molecule has 0 saturated carbocycles. The lowest BCUT2D eigenvalue weighted by molar-refractivity contribution is 0.0737. The minimum atomic E-state index is 0.00722. The normalized spacial score (nSPS) is 25.1. The summed E-state index contributed by atoms with van der Waals surface area (Å²) in [7, 11) is 0. The van der Waals surface area contributed by atoms with Crippen molar-refractivity contribution in [2.45, 2.75) is 26.3 Å². The first kappa shape index (κ1) is 11.1. The summed E-state index contributed by atoms with van der Waals surface area (Å²) in [5.41, 5.74) is 7.05. The lowest BCUT2D eigenvalue weighted by Crippen LogP contribution is -2.34. The number of aromatic nitrogens is 2. The Morgan fingerprint density at radius 1 is 1.75 bits per heavy atom. The zero-order chi connectivity index (χ0) is 11.7. The van der Waals surface area contributed by atoms with Crippen LogP contribution in [-0.2, 0) is 0 Å². The van der Waals surface area contributed by atoms with Crippen molar-refractivity contribution >= 4 is 5.91 Å². The number of likely N-dealkylation sites (tertiary alicyclic amines) is 1. The molecule has 1 amide bonds. The van der Waals surface area contributed by atoms with Gasteiger partial charge >= 0.3 is 0 Å².